The van der Waals surface area contributed by atoms with Gasteiger partial charge in [-0.15, -0.1) is 5.10 Å². The summed E-state index contributed by atoms with van der Waals surface area (Å²) in [7, 11) is 1.52. The molecule has 0 aliphatic rings. The summed E-state index contributed by atoms with van der Waals surface area (Å²) in [6.45, 7) is 0.254. The van der Waals surface area contributed by atoms with Crippen LogP contribution in [0, 0.1) is 5.82 Å². The molecular formula is C20H14BrClFN5O2. The number of aromatic nitrogens is 5. The number of halogens is 3. The van der Waals surface area contributed by atoms with Crippen molar-refractivity contribution in [2.75, 3.05) is 7.11 Å². The van der Waals surface area contributed by atoms with E-state index < -0.39 is 0 Å². The fourth-order valence-corrected chi connectivity index (χ4v) is 3.68. The van der Waals surface area contributed by atoms with E-state index in [0.717, 1.165) is 5.56 Å². The van der Waals surface area contributed by atoms with Crippen LogP contribution in [-0.4, -0.2) is 31.9 Å². The van der Waals surface area contributed by atoms with Gasteiger partial charge in [-0.05, 0) is 62.3 Å². The predicted octanol–water partition coefficient (Wildman–Crippen LogP) is 4.10. The Bertz CT molecular complexity index is 1280. The molecule has 2 aromatic carbocycles. The quantitative estimate of drug-likeness (QED) is 0.421. The number of tetrazole rings is 1. The molecule has 0 atom stereocenters. The van der Waals surface area contributed by atoms with Gasteiger partial charge in [-0.3, -0.25) is 4.79 Å². The molecule has 30 heavy (non-hydrogen) atoms. The average Bonchev–Trinajstić information content (AvgIpc) is 3.26. The summed E-state index contributed by atoms with van der Waals surface area (Å²) in [6.07, 6.45) is 3.06. The lowest BCUT2D eigenvalue weighted by Crippen LogP contribution is -2.20. The lowest BCUT2D eigenvalue weighted by atomic mass is 10.0. The number of methoxy groups -OCH3 is 1. The molecule has 0 fully saturated rings. The van der Waals surface area contributed by atoms with Crippen molar-refractivity contribution in [1.29, 1.82) is 0 Å². The molecule has 0 aliphatic carbocycles. The average molecular weight is 491 g/mol. The van der Waals surface area contributed by atoms with E-state index in [1.54, 1.807) is 36.5 Å². The number of rotatable bonds is 5. The van der Waals surface area contributed by atoms with Gasteiger partial charge in [-0.1, -0.05) is 17.7 Å². The number of pyridine rings is 1. The van der Waals surface area contributed by atoms with Crippen LogP contribution in [0.1, 0.15) is 5.56 Å². The van der Waals surface area contributed by atoms with E-state index in [1.807, 2.05) is 0 Å². The second-order valence-electron chi connectivity index (χ2n) is 6.39. The van der Waals surface area contributed by atoms with E-state index in [9.17, 15) is 9.18 Å². The fourth-order valence-electron chi connectivity index (χ4n) is 3.08. The Morgan fingerprint density at radius 1 is 1.17 bits per heavy atom. The van der Waals surface area contributed by atoms with Gasteiger partial charge in [-0.2, -0.15) is 4.68 Å². The van der Waals surface area contributed by atoms with E-state index in [4.69, 9.17) is 16.3 Å². The molecular weight excluding hydrogens is 477 g/mol. The highest BCUT2D eigenvalue weighted by atomic mass is 79.9. The summed E-state index contributed by atoms with van der Waals surface area (Å²) in [6, 6.07) is 11.3. The van der Waals surface area contributed by atoms with Gasteiger partial charge in [0.15, 0.2) is 0 Å². The second kappa shape index (κ2) is 8.37. The summed E-state index contributed by atoms with van der Waals surface area (Å²) in [4.78, 5) is 12.9. The van der Waals surface area contributed by atoms with Gasteiger partial charge in [-0.25, -0.2) is 4.39 Å². The van der Waals surface area contributed by atoms with Crippen molar-refractivity contribution < 1.29 is 9.13 Å². The standard InChI is InChI=1S/C20H14BrClFN5O2/c1-30-19-10-27(9-12-2-4-17(23)16(21)6-12)20(29)8-15(19)14-7-13(22)3-5-18(14)28-11-24-25-26-28/h2-8,10-11H,9H2,1H3. The number of benzene rings is 2. The van der Waals surface area contributed by atoms with Gasteiger partial charge in [0.2, 0.25) is 0 Å². The zero-order valence-electron chi connectivity index (χ0n) is 15.6. The van der Waals surface area contributed by atoms with Crippen molar-refractivity contribution >= 4 is 27.5 Å². The van der Waals surface area contributed by atoms with Crippen molar-refractivity contribution in [3.05, 3.63) is 86.2 Å². The lowest BCUT2D eigenvalue weighted by molar-refractivity contribution is 0.410. The van der Waals surface area contributed by atoms with Crippen molar-refractivity contribution in [3.8, 4) is 22.6 Å². The third kappa shape index (κ3) is 3.99. The molecule has 7 nitrogen and oxygen atoms in total. The van der Waals surface area contributed by atoms with Crippen molar-refractivity contribution in [1.82, 2.24) is 24.8 Å². The third-order valence-electron chi connectivity index (χ3n) is 4.49. The Hall–Kier alpha value is -3.04. The van der Waals surface area contributed by atoms with Crippen molar-refractivity contribution in [3.63, 3.8) is 0 Å². The first kappa shape index (κ1) is 20.2. The first-order valence-corrected chi connectivity index (χ1v) is 9.89. The minimum Gasteiger partial charge on any atom is -0.495 e. The van der Waals surface area contributed by atoms with Crippen LogP contribution in [0.4, 0.5) is 4.39 Å². The Kier molecular flexibility index (Phi) is 5.65. The molecule has 0 radical (unpaired) electrons. The van der Waals surface area contributed by atoms with E-state index in [0.29, 0.717) is 32.1 Å². The molecule has 4 rings (SSSR count). The summed E-state index contributed by atoms with van der Waals surface area (Å²) in [5.74, 6) is 0.0995. The Balaban J connectivity index is 1.81. The van der Waals surface area contributed by atoms with Gasteiger partial charge < -0.3 is 9.30 Å². The van der Waals surface area contributed by atoms with Gasteiger partial charge in [0.05, 0.1) is 30.0 Å². The highest BCUT2D eigenvalue weighted by Gasteiger charge is 2.16. The molecule has 0 amide bonds. The first-order chi connectivity index (χ1) is 14.5. The Morgan fingerprint density at radius 3 is 2.70 bits per heavy atom. The zero-order chi connectivity index (χ0) is 21.3. The molecule has 152 valence electrons. The summed E-state index contributed by atoms with van der Waals surface area (Å²) in [5.41, 5.74) is 2.33. The van der Waals surface area contributed by atoms with Crippen LogP contribution in [0.25, 0.3) is 16.8 Å². The van der Waals surface area contributed by atoms with Crippen LogP contribution < -0.4 is 10.3 Å². The maximum absolute atomic E-state index is 13.5. The van der Waals surface area contributed by atoms with Crippen LogP contribution in [0.15, 0.2) is 64.3 Å². The maximum atomic E-state index is 13.5. The summed E-state index contributed by atoms with van der Waals surface area (Å²) >= 11 is 9.37. The second-order valence-corrected chi connectivity index (χ2v) is 7.68. The number of hydrogen-bond acceptors (Lipinski definition) is 5. The van der Waals surface area contributed by atoms with E-state index >= 15 is 0 Å². The minimum atomic E-state index is -0.366. The lowest BCUT2D eigenvalue weighted by Gasteiger charge is -2.15. The van der Waals surface area contributed by atoms with Gasteiger partial charge in [0.25, 0.3) is 5.56 Å². The van der Waals surface area contributed by atoms with Crippen LogP contribution in [0.2, 0.25) is 5.02 Å². The summed E-state index contributed by atoms with van der Waals surface area (Å²) < 4.78 is 22.4. The fraction of sp³-hybridized carbons (Fsp3) is 0.100. The SMILES string of the molecule is COc1cn(Cc2ccc(F)c(Br)c2)c(=O)cc1-c1cc(Cl)ccc1-n1cnnn1. The van der Waals surface area contributed by atoms with Crippen LogP contribution in [-0.2, 0) is 6.54 Å². The number of hydrogen-bond donors (Lipinski definition) is 0. The third-order valence-corrected chi connectivity index (χ3v) is 5.33. The monoisotopic (exact) mass is 489 g/mol. The molecule has 0 aliphatic heterocycles. The molecule has 2 aromatic heterocycles. The first-order valence-electron chi connectivity index (χ1n) is 8.72. The van der Waals surface area contributed by atoms with Crippen LogP contribution in [0.5, 0.6) is 5.75 Å². The number of ether oxygens (including phenoxy) is 1. The highest BCUT2D eigenvalue weighted by molar-refractivity contribution is 9.10. The summed E-state index contributed by atoms with van der Waals surface area (Å²) in [5, 5.41) is 11.7. The molecule has 4 aromatic rings. The molecule has 0 saturated carbocycles. The molecule has 0 N–H and O–H groups in total. The van der Waals surface area contributed by atoms with Gasteiger partial charge >= 0.3 is 0 Å². The zero-order valence-corrected chi connectivity index (χ0v) is 17.9. The molecule has 10 heteroatoms. The maximum Gasteiger partial charge on any atom is 0.251 e. The normalized spacial score (nSPS) is 10.9. The van der Waals surface area contributed by atoms with Crippen LogP contribution in [0.3, 0.4) is 0 Å². The molecule has 2 heterocycles. The molecule has 0 saturated heterocycles. The smallest absolute Gasteiger partial charge is 0.251 e. The van der Waals surface area contributed by atoms with E-state index in [2.05, 4.69) is 31.5 Å². The van der Waals surface area contributed by atoms with Gasteiger partial charge in [0, 0.05) is 22.2 Å². The van der Waals surface area contributed by atoms with E-state index in [1.165, 1.54) is 34.8 Å². The molecule has 0 unspecified atom stereocenters. The topological polar surface area (TPSA) is 74.8 Å². The van der Waals surface area contributed by atoms with Crippen LogP contribution >= 0.6 is 27.5 Å². The number of nitrogens with zero attached hydrogens (tertiary/aromatic N) is 5. The molecule has 0 bridgehead atoms. The molecule has 0 spiro atoms. The minimum absolute atomic E-state index is 0.254. The largest absolute Gasteiger partial charge is 0.495 e. The Labute approximate surface area is 183 Å². The Morgan fingerprint density at radius 2 is 2.00 bits per heavy atom. The van der Waals surface area contributed by atoms with Gasteiger partial charge in [0.1, 0.15) is 17.9 Å². The van der Waals surface area contributed by atoms with E-state index in [-0.39, 0.29) is 17.9 Å². The highest BCUT2D eigenvalue weighted by Crippen LogP contribution is 2.34. The van der Waals surface area contributed by atoms with Crippen molar-refractivity contribution in [2.24, 2.45) is 0 Å². The predicted molar refractivity (Wildman–Crippen MR) is 114 cm³/mol. The van der Waals surface area contributed by atoms with Crippen molar-refractivity contribution in [2.45, 2.75) is 6.54 Å².